The standard InChI is InChI=1S/C22H23N3O3S/c26-21(17-11-15-2-1-3-18(15)23-12-17)25-22-24-20(16-6-9-28-13-16)19(29-22)10-14-4-7-27-8-5-14/h6,9,11-14H,1-5,7-8,10H2,(H,24,25,26). The Morgan fingerprint density at radius 3 is 3.00 bits per heavy atom. The average molecular weight is 410 g/mol. The highest BCUT2D eigenvalue weighted by Gasteiger charge is 2.22. The number of furan rings is 1. The molecule has 1 saturated heterocycles. The summed E-state index contributed by atoms with van der Waals surface area (Å²) in [5, 5.41) is 3.60. The van der Waals surface area contributed by atoms with Crippen molar-refractivity contribution >= 4 is 22.4 Å². The van der Waals surface area contributed by atoms with Crippen molar-refractivity contribution in [2.45, 2.75) is 38.5 Å². The smallest absolute Gasteiger partial charge is 0.259 e. The normalized spacial score (nSPS) is 16.7. The number of nitrogens with zero attached hydrogens (tertiary/aromatic N) is 2. The van der Waals surface area contributed by atoms with E-state index in [1.807, 2.05) is 12.1 Å². The Hall–Kier alpha value is -2.51. The SMILES string of the molecule is O=C(Nc1nc(-c2ccoc2)c(CC2CCOCC2)s1)c1cnc2c(c1)CCC2. The van der Waals surface area contributed by atoms with Crippen molar-refractivity contribution in [3.63, 3.8) is 0 Å². The Morgan fingerprint density at radius 2 is 2.17 bits per heavy atom. The highest BCUT2D eigenvalue weighted by atomic mass is 32.1. The van der Waals surface area contributed by atoms with Gasteiger partial charge in [-0.2, -0.15) is 0 Å². The minimum atomic E-state index is -0.155. The van der Waals surface area contributed by atoms with E-state index < -0.39 is 0 Å². The molecule has 0 atom stereocenters. The minimum Gasteiger partial charge on any atom is -0.472 e. The zero-order chi connectivity index (χ0) is 19.6. The molecule has 5 rings (SSSR count). The molecule has 0 spiro atoms. The number of carbonyl (C=O) groups excluding carboxylic acids is 1. The molecule has 7 heteroatoms. The molecule has 0 radical (unpaired) electrons. The number of nitrogens with one attached hydrogen (secondary N) is 1. The molecular weight excluding hydrogens is 386 g/mol. The number of aromatic nitrogens is 2. The van der Waals surface area contributed by atoms with Crippen LogP contribution in [0.2, 0.25) is 0 Å². The van der Waals surface area contributed by atoms with Crippen molar-refractivity contribution in [1.29, 1.82) is 0 Å². The third-order valence-corrected chi connectivity index (χ3v) is 6.70. The van der Waals surface area contributed by atoms with E-state index in [1.54, 1.807) is 30.1 Å². The van der Waals surface area contributed by atoms with Gasteiger partial charge in [0.05, 0.1) is 23.8 Å². The lowest BCUT2D eigenvalue weighted by atomic mass is 9.95. The van der Waals surface area contributed by atoms with Crippen LogP contribution in [-0.4, -0.2) is 29.1 Å². The molecule has 150 valence electrons. The monoisotopic (exact) mass is 409 g/mol. The fraction of sp³-hybridized carbons (Fsp3) is 0.409. The summed E-state index contributed by atoms with van der Waals surface area (Å²) in [5.41, 5.74) is 4.75. The van der Waals surface area contributed by atoms with Gasteiger partial charge in [0.1, 0.15) is 0 Å². The first kappa shape index (κ1) is 18.5. The molecule has 1 N–H and O–H groups in total. The highest BCUT2D eigenvalue weighted by molar-refractivity contribution is 7.16. The van der Waals surface area contributed by atoms with Crippen molar-refractivity contribution in [1.82, 2.24) is 9.97 Å². The topological polar surface area (TPSA) is 77.2 Å². The van der Waals surface area contributed by atoms with Gasteiger partial charge >= 0.3 is 0 Å². The molecule has 0 bridgehead atoms. The molecule has 1 aliphatic heterocycles. The van der Waals surface area contributed by atoms with E-state index in [-0.39, 0.29) is 5.91 Å². The van der Waals surface area contributed by atoms with E-state index in [0.29, 0.717) is 16.6 Å². The van der Waals surface area contributed by atoms with Gasteiger partial charge in [0.25, 0.3) is 5.91 Å². The van der Waals surface area contributed by atoms with Crippen molar-refractivity contribution in [3.8, 4) is 11.3 Å². The number of carbonyl (C=O) groups is 1. The first-order chi connectivity index (χ1) is 14.3. The van der Waals surface area contributed by atoms with Crippen LogP contribution in [0.3, 0.4) is 0 Å². The number of amides is 1. The number of fused-ring (bicyclic) bond motifs is 1. The number of ether oxygens (including phenoxy) is 1. The number of hydrogen-bond acceptors (Lipinski definition) is 6. The van der Waals surface area contributed by atoms with Crippen molar-refractivity contribution in [2.75, 3.05) is 18.5 Å². The van der Waals surface area contributed by atoms with Gasteiger partial charge in [-0.3, -0.25) is 15.1 Å². The third kappa shape index (κ3) is 3.97. The van der Waals surface area contributed by atoms with Crippen LogP contribution in [0.5, 0.6) is 0 Å². The molecule has 29 heavy (non-hydrogen) atoms. The van der Waals surface area contributed by atoms with Gasteiger partial charge in [-0.1, -0.05) is 0 Å². The maximum absolute atomic E-state index is 12.8. The van der Waals surface area contributed by atoms with Crippen LogP contribution in [0.4, 0.5) is 5.13 Å². The summed E-state index contributed by atoms with van der Waals surface area (Å²) in [6.07, 6.45) is 11.2. The van der Waals surface area contributed by atoms with Crippen LogP contribution < -0.4 is 5.32 Å². The molecule has 3 aromatic rings. The maximum Gasteiger partial charge on any atom is 0.259 e. The Labute approximate surface area is 173 Å². The van der Waals surface area contributed by atoms with Crippen LogP contribution in [0.25, 0.3) is 11.3 Å². The van der Waals surface area contributed by atoms with Gasteiger partial charge < -0.3 is 9.15 Å². The van der Waals surface area contributed by atoms with Crippen molar-refractivity contribution in [3.05, 3.63) is 52.6 Å². The summed E-state index contributed by atoms with van der Waals surface area (Å²) in [6.45, 7) is 1.64. The van der Waals surface area contributed by atoms with Gasteiger partial charge in [0.15, 0.2) is 5.13 Å². The van der Waals surface area contributed by atoms with Crippen LogP contribution >= 0.6 is 11.3 Å². The Bertz CT molecular complexity index is 1010. The summed E-state index contributed by atoms with van der Waals surface area (Å²) in [7, 11) is 0. The average Bonchev–Trinajstić information content (AvgIpc) is 3.49. The molecule has 0 saturated carbocycles. The van der Waals surface area contributed by atoms with Gasteiger partial charge in [-0.25, -0.2) is 4.98 Å². The van der Waals surface area contributed by atoms with E-state index in [9.17, 15) is 4.79 Å². The molecule has 2 aliphatic rings. The van der Waals surface area contributed by atoms with Crippen molar-refractivity contribution in [2.24, 2.45) is 5.92 Å². The van der Waals surface area contributed by atoms with Crippen LogP contribution in [0.1, 0.15) is 45.8 Å². The lowest BCUT2D eigenvalue weighted by Crippen LogP contribution is -2.17. The number of pyridine rings is 1. The summed E-state index contributed by atoms with van der Waals surface area (Å²) >= 11 is 1.55. The van der Waals surface area contributed by atoms with Crippen molar-refractivity contribution < 1.29 is 13.9 Å². The van der Waals surface area contributed by atoms with E-state index in [1.165, 1.54) is 10.4 Å². The molecule has 0 aromatic carbocycles. The summed E-state index contributed by atoms with van der Waals surface area (Å²) < 4.78 is 10.8. The second kappa shape index (κ2) is 8.08. The van der Waals surface area contributed by atoms with E-state index in [0.717, 1.165) is 68.7 Å². The second-order valence-corrected chi connectivity index (χ2v) is 8.78. The predicted molar refractivity (Wildman–Crippen MR) is 111 cm³/mol. The fourth-order valence-corrected chi connectivity index (χ4v) is 5.19. The summed E-state index contributed by atoms with van der Waals surface area (Å²) in [6, 6.07) is 3.89. The highest BCUT2D eigenvalue weighted by Crippen LogP contribution is 2.35. The predicted octanol–water partition coefficient (Wildman–Crippen LogP) is 4.51. The first-order valence-electron chi connectivity index (χ1n) is 10.2. The molecule has 1 amide bonds. The Kier molecular flexibility index (Phi) is 5.16. The second-order valence-electron chi connectivity index (χ2n) is 7.70. The zero-order valence-electron chi connectivity index (χ0n) is 16.1. The number of rotatable bonds is 5. The van der Waals surface area contributed by atoms with E-state index >= 15 is 0 Å². The summed E-state index contributed by atoms with van der Waals surface area (Å²) in [4.78, 5) is 23.2. The van der Waals surface area contributed by atoms with E-state index in [4.69, 9.17) is 14.1 Å². The Balaban J connectivity index is 1.38. The number of hydrogen-bond donors (Lipinski definition) is 1. The zero-order valence-corrected chi connectivity index (χ0v) is 17.0. The molecular formula is C22H23N3O3S. The molecule has 3 aromatic heterocycles. The van der Waals surface area contributed by atoms with Crippen LogP contribution in [0.15, 0.2) is 35.3 Å². The first-order valence-corrected chi connectivity index (χ1v) is 11.0. The molecule has 4 heterocycles. The van der Waals surface area contributed by atoms with Gasteiger partial charge in [0.2, 0.25) is 0 Å². The lowest BCUT2D eigenvalue weighted by Gasteiger charge is -2.21. The minimum absolute atomic E-state index is 0.155. The number of anilines is 1. The molecule has 1 aliphatic carbocycles. The molecule has 0 unspecified atom stereocenters. The van der Waals surface area contributed by atoms with Crippen LogP contribution in [-0.2, 0) is 24.0 Å². The Morgan fingerprint density at radius 1 is 1.28 bits per heavy atom. The quantitative estimate of drug-likeness (QED) is 0.671. The van der Waals surface area contributed by atoms with Gasteiger partial charge in [-0.05, 0) is 62.1 Å². The maximum atomic E-state index is 12.8. The molecule has 1 fully saturated rings. The van der Waals surface area contributed by atoms with Gasteiger partial charge in [0, 0.05) is 35.5 Å². The van der Waals surface area contributed by atoms with Crippen LogP contribution in [0, 0.1) is 5.92 Å². The fourth-order valence-electron chi connectivity index (χ4n) is 4.10. The third-order valence-electron chi connectivity index (χ3n) is 5.71. The summed E-state index contributed by atoms with van der Waals surface area (Å²) in [5.74, 6) is 0.427. The lowest BCUT2D eigenvalue weighted by molar-refractivity contribution is 0.0668. The largest absolute Gasteiger partial charge is 0.472 e. The van der Waals surface area contributed by atoms with E-state index in [2.05, 4.69) is 10.3 Å². The number of aryl methyl sites for hydroxylation is 2. The molecule has 6 nitrogen and oxygen atoms in total. The van der Waals surface area contributed by atoms with Gasteiger partial charge in [-0.15, -0.1) is 11.3 Å². The number of thiazole rings is 1.